The summed E-state index contributed by atoms with van der Waals surface area (Å²) in [6, 6.07) is 20.3. The van der Waals surface area contributed by atoms with Crippen molar-refractivity contribution in [1.29, 1.82) is 0 Å². The van der Waals surface area contributed by atoms with Crippen molar-refractivity contribution in [3.8, 4) is 0 Å². The Morgan fingerprint density at radius 3 is 0.838 bits per heavy atom. The van der Waals surface area contributed by atoms with E-state index in [4.69, 9.17) is 10.2 Å². The second-order valence-corrected chi connectivity index (χ2v) is 19.7. The van der Waals surface area contributed by atoms with Gasteiger partial charge in [0.15, 0.2) is 0 Å². The zero-order chi connectivity index (χ0) is 28.7. The molecular weight excluding hydrogens is 568 g/mol. The fourth-order valence-electron chi connectivity index (χ4n) is 5.64. The van der Waals surface area contributed by atoms with Crippen molar-refractivity contribution in [2.75, 3.05) is 13.2 Å². The van der Waals surface area contributed by atoms with Crippen LogP contribution in [0.4, 0.5) is 0 Å². The quantitative estimate of drug-likeness (QED) is 0.318. The van der Waals surface area contributed by atoms with E-state index in [1.54, 1.807) is 24.2 Å². The molecule has 2 rings (SSSR count). The van der Waals surface area contributed by atoms with Gasteiger partial charge in [-0.25, -0.2) is 24.3 Å². The van der Waals surface area contributed by atoms with Gasteiger partial charge in [0.1, 0.15) is 0 Å². The predicted octanol–water partition coefficient (Wildman–Crippen LogP) is 4.60. The first-order valence-corrected chi connectivity index (χ1v) is 19.6. The summed E-state index contributed by atoms with van der Waals surface area (Å²) in [4.78, 5) is 0. The van der Waals surface area contributed by atoms with E-state index in [0.29, 0.717) is 24.2 Å². The molecule has 0 amide bonds. The first-order valence-electron chi connectivity index (χ1n) is 13.7. The Labute approximate surface area is 252 Å². The molecule has 0 aromatic heterocycles. The van der Waals surface area contributed by atoms with Crippen LogP contribution in [0.2, 0.25) is 26.2 Å². The predicted molar refractivity (Wildman–Crippen MR) is 164 cm³/mol. The molecule has 0 aliphatic heterocycles. The standard InChI is InChI=1S/2C13H24NSi.2C2H5O.Zr/c2*1-11(2)14(12(3)4)15(5,6)13-9-7-8-10-13;2*1-2-3;/h2*7-12H,1-6H3;2*2H2,1H3;/q4*-1;+4. The van der Waals surface area contributed by atoms with E-state index in [0.717, 1.165) is 0 Å². The maximum atomic E-state index is 8.93. The third-order valence-corrected chi connectivity index (χ3v) is 14.4. The van der Waals surface area contributed by atoms with Gasteiger partial charge in [-0.15, -0.1) is 23.6 Å². The van der Waals surface area contributed by atoms with Gasteiger partial charge in [0.25, 0.3) is 0 Å². The monoisotopic (exact) mass is 624 g/mol. The van der Waals surface area contributed by atoms with Crippen molar-refractivity contribution in [3.05, 3.63) is 48.5 Å². The molecule has 0 radical (unpaired) electrons. The third kappa shape index (κ3) is 14.2. The Kier molecular flexibility index (Phi) is 23.1. The van der Waals surface area contributed by atoms with Crippen molar-refractivity contribution in [3.63, 3.8) is 0 Å². The number of nitrogens with zero attached hydrogens (tertiary/aromatic N) is 2. The van der Waals surface area contributed by atoms with Gasteiger partial charge >= 0.3 is 26.2 Å². The normalized spacial score (nSPS) is 11.6. The van der Waals surface area contributed by atoms with Gasteiger partial charge in [-0.1, -0.05) is 95.4 Å². The molecule has 0 fully saturated rings. The second kappa shape index (κ2) is 20.7. The molecule has 0 saturated carbocycles. The molecule has 0 spiro atoms. The first-order chi connectivity index (χ1) is 16.6. The molecule has 212 valence electrons. The van der Waals surface area contributed by atoms with Crippen molar-refractivity contribution < 1.29 is 36.4 Å². The molecule has 0 saturated heterocycles. The van der Waals surface area contributed by atoms with Crippen molar-refractivity contribution >= 4 is 26.8 Å². The van der Waals surface area contributed by atoms with Gasteiger partial charge < -0.3 is 19.3 Å². The number of rotatable bonds is 8. The van der Waals surface area contributed by atoms with E-state index in [2.05, 4.69) is 139 Å². The Hall–Kier alpha value is -0.143. The fraction of sp³-hybridized carbons (Fsp3) is 0.667. The topological polar surface area (TPSA) is 52.6 Å². The van der Waals surface area contributed by atoms with Crippen LogP contribution in [0.15, 0.2) is 48.5 Å². The molecule has 0 unspecified atom stereocenters. The van der Waals surface area contributed by atoms with Gasteiger partial charge in [-0.2, -0.15) is 24.3 Å². The van der Waals surface area contributed by atoms with E-state index in [9.17, 15) is 0 Å². The zero-order valence-electron chi connectivity index (χ0n) is 26.6. The average Bonchev–Trinajstić information content (AvgIpc) is 3.43. The SMILES string of the molecule is CC(C)N(C(C)C)[Si](C)(C)[c-]1cccc1.CC(C)N(C(C)C)[Si](C)(C)[c-]1cccc1.CC[O-].CC[O-].[Zr+4]. The maximum Gasteiger partial charge on any atom is 4.00 e. The van der Waals surface area contributed by atoms with Gasteiger partial charge in [0, 0.05) is 0 Å². The molecule has 2 aromatic carbocycles. The molecule has 0 N–H and O–H groups in total. The van der Waals surface area contributed by atoms with Gasteiger partial charge in [0.05, 0.1) is 16.5 Å². The van der Waals surface area contributed by atoms with Crippen LogP contribution in [0.3, 0.4) is 0 Å². The van der Waals surface area contributed by atoms with Crippen LogP contribution in [-0.4, -0.2) is 63.0 Å². The first kappa shape index (κ1) is 41.3. The summed E-state index contributed by atoms with van der Waals surface area (Å²) in [5, 5.41) is 21.0. The maximum absolute atomic E-state index is 8.93. The van der Waals surface area contributed by atoms with Crippen LogP contribution in [0.5, 0.6) is 0 Å². The molecule has 7 heteroatoms. The minimum absolute atomic E-state index is 0. The zero-order valence-corrected chi connectivity index (χ0v) is 31.0. The minimum Gasteiger partial charge on any atom is -0.855 e. The Morgan fingerprint density at radius 2 is 0.703 bits per heavy atom. The summed E-state index contributed by atoms with van der Waals surface area (Å²) in [7, 11) is -2.90. The third-order valence-electron chi connectivity index (χ3n) is 6.25. The molecule has 0 bridgehead atoms. The van der Waals surface area contributed by atoms with Gasteiger partial charge in [0.2, 0.25) is 0 Å². The Balaban J connectivity index is -0.000000504. The van der Waals surface area contributed by atoms with Crippen LogP contribution in [-0.2, 0) is 26.2 Å². The van der Waals surface area contributed by atoms with Crippen molar-refractivity contribution in [2.24, 2.45) is 0 Å². The molecule has 37 heavy (non-hydrogen) atoms. The fourth-order valence-corrected chi connectivity index (χ4v) is 13.4. The molecule has 4 nitrogen and oxygen atoms in total. The van der Waals surface area contributed by atoms with Crippen LogP contribution in [0.25, 0.3) is 0 Å². The Morgan fingerprint density at radius 1 is 0.541 bits per heavy atom. The summed E-state index contributed by atoms with van der Waals surface area (Å²) in [5.41, 5.74) is 0. The molecule has 0 atom stereocenters. The van der Waals surface area contributed by atoms with Crippen LogP contribution in [0.1, 0.15) is 69.2 Å². The van der Waals surface area contributed by atoms with Gasteiger partial charge in [-0.05, 0) is 24.2 Å². The summed E-state index contributed by atoms with van der Waals surface area (Å²) in [6.07, 6.45) is 0. The summed E-state index contributed by atoms with van der Waals surface area (Å²) in [6.45, 7) is 31.4. The molecule has 2 aromatic rings. The molecule has 0 aliphatic rings. The van der Waals surface area contributed by atoms with Crippen LogP contribution < -0.4 is 20.6 Å². The summed E-state index contributed by atoms with van der Waals surface area (Å²) < 4.78 is 5.39. The van der Waals surface area contributed by atoms with Crippen molar-refractivity contribution in [1.82, 2.24) is 9.13 Å². The van der Waals surface area contributed by atoms with E-state index >= 15 is 0 Å². The van der Waals surface area contributed by atoms with E-state index < -0.39 is 16.5 Å². The molecule has 0 aliphatic carbocycles. The van der Waals surface area contributed by atoms with E-state index in [1.165, 1.54) is 0 Å². The second-order valence-electron chi connectivity index (χ2n) is 11.2. The molecular formula is C30H58N2O2Si2Zr. The minimum atomic E-state index is -1.45. The van der Waals surface area contributed by atoms with Gasteiger partial charge in [-0.3, -0.25) is 0 Å². The largest absolute Gasteiger partial charge is 4.00 e. The summed E-state index contributed by atoms with van der Waals surface area (Å²) >= 11 is 0. The van der Waals surface area contributed by atoms with Crippen LogP contribution in [0, 0.1) is 0 Å². The molecule has 0 heterocycles. The number of hydrogen-bond acceptors (Lipinski definition) is 4. The summed E-state index contributed by atoms with van der Waals surface area (Å²) in [5.74, 6) is 0. The van der Waals surface area contributed by atoms with Crippen LogP contribution >= 0.6 is 0 Å². The average molecular weight is 626 g/mol. The van der Waals surface area contributed by atoms with E-state index in [1.807, 2.05) is 0 Å². The van der Waals surface area contributed by atoms with Crippen molar-refractivity contribution in [2.45, 2.75) is 120 Å². The smallest absolute Gasteiger partial charge is 0.855 e. The Bertz CT molecular complexity index is 663. The number of hydrogen-bond donors (Lipinski definition) is 0. The van der Waals surface area contributed by atoms with E-state index in [-0.39, 0.29) is 39.4 Å².